The number of urea groups is 1. The van der Waals surface area contributed by atoms with Gasteiger partial charge in [0.15, 0.2) is 5.13 Å². The van der Waals surface area contributed by atoms with Crippen LogP contribution >= 0.6 is 11.3 Å². The number of benzene rings is 2. The molecule has 152 valence electrons. The van der Waals surface area contributed by atoms with Gasteiger partial charge in [-0.05, 0) is 30.7 Å². The molecule has 2 heterocycles. The maximum atomic E-state index is 12.6. The van der Waals surface area contributed by atoms with Crippen molar-refractivity contribution in [1.82, 2.24) is 9.88 Å². The highest BCUT2D eigenvalue weighted by molar-refractivity contribution is 7.22. The van der Waals surface area contributed by atoms with Crippen LogP contribution < -0.4 is 19.7 Å². The van der Waals surface area contributed by atoms with Gasteiger partial charge in [0.2, 0.25) is 0 Å². The SMILES string of the molecule is COc1cccc(NC(=O)N2CCN(c3nc4c(OC)ccc(C)c4s3)CC2)c1. The molecule has 2 amide bonds. The lowest BCUT2D eigenvalue weighted by molar-refractivity contribution is 0.208. The molecule has 2 aromatic carbocycles. The summed E-state index contributed by atoms with van der Waals surface area (Å²) in [5, 5.41) is 3.92. The van der Waals surface area contributed by atoms with E-state index in [1.54, 1.807) is 25.6 Å². The second-order valence-electron chi connectivity index (χ2n) is 6.90. The highest BCUT2D eigenvalue weighted by Gasteiger charge is 2.24. The molecule has 1 aliphatic rings. The second kappa shape index (κ2) is 8.16. The Labute approximate surface area is 173 Å². The lowest BCUT2D eigenvalue weighted by Crippen LogP contribution is -2.50. The molecule has 0 bridgehead atoms. The van der Waals surface area contributed by atoms with Crippen LogP contribution in [0.5, 0.6) is 11.5 Å². The number of hydrogen-bond acceptors (Lipinski definition) is 6. The average molecular weight is 413 g/mol. The number of aryl methyl sites for hydroxylation is 1. The van der Waals surface area contributed by atoms with Crippen molar-refractivity contribution >= 4 is 38.4 Å². The third-order valence-electron chi connectivity index (χ3n) is 5.07. The minimum Gasteiger partial charge on any atom is -0.497 e. The summed E-state index contributed by atoms with van der Waals surface area (Å²) in [7, 11) is 3.28. The van der Waals surface area contributed by atoms with Gasteiger partial charge in [-0.15, -0.1) is 0 Å². The van der Waals surface area contributed by atoms with Crippen molar-refractivity contribution in [3.8, 4) is 11.5 Å². The molecular formula is C21H24N4O3S. The molecule has 3 aromatic rings. The van der Waals surface area contributed by atoms with Gasteiger partial charge in [0.25, 0.3) is 0 Å². The van der Waals surface area contributed by atoms with Gasteiger partial charge in [0, 0.05) is 37.9 Å². The number of aromatic nitrogens is 1. The zero-order valence-corrected chi connectivity index (χ0v) is 17.6. The minimum absolute atomic E-state index is 0.0975. The molecule has 1 aromatic heterocycles. The summed E-state index contributed by atoms with van der Waals surface area (Å²) in [6, 6.07) is 11.3. The number of amides is 2. The van der Waals surface area contributed by atoms with Crippen LogP contribution in [-0.2, 0) is 0 Å². The smallest absolute Gasteiger partial charge is 0.321 e. The van der Waals surface area contributed by atoms with Crippen molar-refractivity contribution in [1.29, 1.82) is 0 Å². The van der Waals surface area contributed by atoms with Crippen LogP contribution in [0.15, 0.2) is 36.4 Å². The van der Waals surface area contributed by atoms with Crippen LogP contribution in [0, 0.1) is 6.92 Å². The fourth-order valence-corrected chi connectivity index (χ4v) is 4.51. The Morgan fingerprint density at radius 1 is 1.10 bits per heavy atom. The lowest BCUT2D eigenvalue weighted by Gasteiger charge is -2.34. The number of ether oxygens (including phenoxy) is 2. The maximum Gasteiger partial charge on any atom is 0.321 e. The Hall–Kier alpha value is -3.00. The molecule has 0 unspecified atom stereocenters. The van der Waals surface area contributed by atoms with Crippen LogP contribution in [0.2, 0.25) is 0 Å². The second-order valence-corrected chi connectivity index (χ2v) is 7.87. The van der Waals surface area contributed by atoms with E-state index in [0.717, 1.165) is 39.9 Å². The average Bonchev–Trinajstić information content (AvgIpc) is 3.21. The van der Waals surface area contributed by atoms with Crippen molar-refractivity contribution in [3.05, 3.63) is 42.0 Å². The zero-order valence-electron chi connectivity index (χ0n) is 16.8. The standard InChI is InChI=1S/C21H24N4O3S/c1-14-7-8-17(28-3)18-19(14)29-21(23-18)25-11-9-24(10-12-25)20(26)22-15-5-4-6-16(13-15)27-2/h4-8,13H,9-12H2,1-3H3,(H,22,26). The zero-order chi connectivity index (χ0) is 20.4. The molecule has 1 N–H and O–H groups in total. The lowest BCUT2D eigenvalue weighted by atomic mass is 10.2. The third-order valence-corrected chi connectivity index (χ3v) is 6.32. The van der Waals surface area contributed by atoms with E-state index in [9.17, 15) is 4.79 Å². The monoisotopic (exact) mass is 412 g/mol. The molecule has 1 aliphatic heterocycles. The summed E-state index contributed by atoms with van der Waals surface area (Å²) in [6.07, 6.45) is 0. The molecule has 8 heteroatoms. The number of thiazole rings is 1. The Kier molecular flexibility index (Phi) is 5.44. The molecular weight excluding hydrogens is 388 g/mol. The Bertz CT molecular complexity index is 1030. The van der Waals surface area contributed by atoms with Crippen molar-refractivity contribution in [2.45, 2.75) is 6.92 Å². The van der Waals surface area contributed by atoms with Crippen molar-refractivity contribution in [2.24, 2.45) is 0 Å². The van der Waals surface area contributed by atoms with E-state index in [1.165, 1.54) is 5.56 Å². The maximum absolute atomic E-state index is 12.6. The van der Waals surface area contributed by atoms with Crippen molar-refractivity contribution in [3.63, 3.8) is 0 Å². The number of carbonyl (C=O) groups excluding carboxylic acids is 1. The molecule has 1 saturated heterocycles. The fraction of sp³-hybridized carbons (Fsp3) is 0.333. The molecule has 0 aliphatic carbocycles. The van der Waals surface area contributed by atoms with Gasteiger partial charge in [-0.25, -0.2) is 9.78 Å². The summed E-state index contributed by atoms with van der Waals surface area (Å²) in [5.74, 6) is 1.51. The van der Waals surface area contributed by atoms with E-state index >= 15 is 0 Å². The number of nitrogens with one attached hydrogen (secondary N) is 1. The number of piperazine rings is 1. The van der Waals surface area contributed by atoms with Crippen LogP contribution in [0.25, 0.3) is 10.2 Å². The van der Waals surface area contributed by atoms with Crippen LogP contribution in [0.3, 0.4) is 0 Å². The molecule has 7 nitrogen and oxygen atoms in total. The van der Waals surface area contributed by atoms with Gasteiger partial charge in [0.05, 0.1) is 18.9 Å². The normalized spacial score (nSPS) is 14.2. The van der Waals surface area contributed by atoms with Crippen molar-refractivity contribution in [2.75, 3.05) is 50.6 Å². The number of hydrogen-bond donors (Lipinski definition) is 1. The van der Waals surface area contributed by atoms with Gasteiger partial charge in [0.1, 0.15) is 17.0 Å². The summed E-state index contributed by atoms with van der Waals surface area (Å²) >= 11 is 1.68. The fourth-order valence-electron chi connectivity index (χ4n) is 3.40. The third kappa shape index (κ3) is 3.93. The topological polar surface area (TPSA) is 66.9 Å². The highest BCUT2D eigenvalue weighted by Crippen LogP contribution is 2.36. The molecule has 0 atom stereocenters. The predicted molar refractivity (Wildman–Crippen MR) is 117 cm³/mol. The number of nitrogens with zero attached hydrogens (tertiary/aromatic N) is 3. The van der Waals surface area contributed by atoms with Gasteiger partial charge in [-0.1, -0.05) is 23.5 Å². The minimum atomic E-state index is -0.0975. The number of carbonyl (C=O) groups is 1. The summed E-state index contributed by atoms with van der Waals surface area (Å²) < 4.78 is 11.8. The molecule has 0 spiro atoms. The Morgan fingerprint density at radius 3 is 2.62 bits per heavy atom. The number of methoxy groups -OCH3 is 2. The van der Waals surface area contributed by atoms with Crippen LogP contribution in [0.4, 0.5) is 15.6 Å². The molecule has 1 fully saturated rings. The van der Waals surface area contributed by atoms with Gasteiger partial charge >= 0.3 is 6.03 Å². The predicted octanol–water partition coefficient (Wildman–Crippen LogP) is 3.98. The number of fused-ring (bicyclic) bond motifs is 1. The van der Waals surface area contributed by atoms with Crippen molar-refractivity contribution < 1.29 is 14.3 Å². The van der Waals surface area contributed by atoms with E-state index in [-0.39, 0.29) is 6.03 Å². The van der Waals surface area contributed by atoms with Crippen LogP contribution in [-0.4, -0.2) is 56.3 Å². The van der Waals surface area contributed by atoms with E-state index < -0.39 is 0 Å². The van der Waals surface area contributed by atoms with E-state index in [2.05, 4.69) is 23.2 Å². The largest absolute Gasteiger partial charge is 0.497 e. The molecule has 4 rings (SSSR count). The van der Waals surface area contributed by atoms with Gasteiger partial charge in [-0.2, -0.15) is 0 Å². The number of rotatable bonds is 4. The van der Waals surface area contributed by atoms with Gasteiger partial charge in [-0.3, -0.25) is 0 Å². The van der Waals surface area contributed by atoms with E-state index in [4.69, 9.17) is 14.5 Å². The quantitative estimate of drug-likeness (QED) is 0.702. The Morgan fingerprint density at radius 2 is 1.90 bits per heavy atom. The van der Waals surface area contributed by atoms with Crippen LogP contribution in [0.1, 0.15) is 5.56 Å². The molecule has 0 saturated carbocycles. The van der Waals surface area contributed by atoms with E-state index in [1.807, 2.05) is 35.2 Å². The first-order valence-corrected chi connectivity index (χ1v) is 10.3. The summed E-state index contributed by atoms with van der Waals surface area (Å²) in [4.78, 5) is 21.5. The highest BCUT2D eigenvalue weighted by atomic mass is 32.1. The first-order valence-electron chi connectivity index (χ1n) is 9.48. The first kappa shape index (κ1) is 19.3. The Balaban J connectivity index is 1.42. The summed E-state index contributed by atoms with van der Waals surface area (Å²) in [6.45, 7) is 4.85. The molecule has 0 radical (unpaired) electrons. The molecule has 29 heavy (non-hydrogen) atoms. The number of anilines is 2. The summed E-state index contributed by atoms with van der Waals surface area (Å²) in [5.41, 5.74) is 2.83. The van der Waals surface area contributed by atoms with E-state index in [0.29, 0.717) is 18.8 Å². The van der Waals surface area contributed by atoms with Gasteiger partial charge < -0.3 is 24.6 Å². The first-order chi connectivity index (χ1) is 14.1.